The maximum atomic E-state index is 13.4. The number of Topliss-reactive ketones (excluding diaryl/α,β-unsaturated/α-hetero) is 1. The minimum absolute atomic E-state index is 0.0139. The number of rotatable bonds is 7. The van der Waals surface area contributed by atoms with Crippen LogP contribution < -0.4 is 10.1 Å². The molecule has 2 aromatic rings. The van der Waals surface area contributed by atoms with Gasteiger partial charge in [0.25, 0.3) is 5.91 Å². The van der Waals surface area contributed by atoms with Crippen molar-refractivity contribution in [2.75, 3.05) is 6.61 Å². The molecule has 0 aliphatic heterocycles. The van der Waals surface area contributed by atoms with Gasteiger partial charge in [-0.2, -0.15) is 5.10 Å². The van der Waals surface area contributed by atoms with E-state index in [2.05, 4.69) is 15.5 Å². The number of halogens is 2. The number of hydrogen-bond acceptors (Lipinski definition) is 4. The first-order chi connectivity index (χ1) is 12.4. The van der Waals surface area contributed by atoms with Crippen molar-refractivity contribution in [2.24, 2.45) is 5.41 Å². The van der Waals surface area contributed by atoms with Crippen molar-refractivity contribution in [3.63, 3.8) is 0 Å². The predicted molar refractivity (Wildman–Crippen MR) is 91.6 cm³/mol. The predicted octanol–water partition coefficient (Wildman–Crippen LogP) is 2.89. The number of aromatic nitrogens is 2. The topological polar surface area (TPSA) is 84.1 Å². The standard InChI is InChI=1S/C18H17ClFN3O3/c19-13-2-1-12(5-14(13)20)26-7-11(24)6-17-8-18(9-17,10-17)22-16(25)15-3-4-21-23-15/h1-5H,6-10H2,(H,21,23)(H,22,25). The molecule has 3 saturated carbocycles. The molecule has 0 spiro atoms. The number of amides is 1. The lowest BCUT2D eigenvalue weighted by molar-refractivity contribution is -0.162. The third kappa shape index (κ3) is 3.07. The summed E-state index contributed by atoms with van der Waals surface area (Å²) in [5.41, 5.74) is 0.207. The zero-order valence-corrected chi connectivity index (χ0v) is 14.6. The Morgan fingerprint density at radius 2 is 2.08 bits per heavy atom. The average Bonchev–Trinajstić information content (AvgIpc) is 3.07. The van der Waals surface area contributed by atoms with Gasteiger partial charge < -0.3 is 10.1 Å². The van der Waals surface area contributed by atoms with Crippen LogP contribution in [0, 0.1) is 11.2 Å². The lowest BCUT2D eigenvalue weighted by atomic mass is 9.38. The molecular formula is C18H17ClFN3O3. The fraction of sp³-hybridized carbons (Fsp3) is 0.389. The van der Waals surface area contributed by atoms with Crippen LogP contribution in [0.25, 0.3) is 0 Å². The van der Waals surface area contributed by atoms with Gasteiger partial charge in [0.15, 0.2) is 5.78 Å². The Bertz CT molecular complexity index is 849. The smallest absolute Gasteiger partial charge is 0.269 e. The maximum Gasteiger partial charge on any atom is 0.269 e. The Labute approximate surface area is 154 Å². The van der Waals surface area contributed by atoms with Gasteiger partial charge in [0.05, 0.1) is 5.02 Å². The van der Waals surface area contributed by atoms with Crippen LogP contribution in [-0.2, 0) is 4.79 Å². The molecule has 0 unspecified atom stereocenters. The van der Waals surface area contributed by atoms with Gasteiger partial charge in [0.2, 0.25) is 0 Å². The summed E-state index contributed by atoms with van der Waals surface area (Å²) < 4.78 is 18.7. The molecule has 3 aliphatic carbocycles. The van der Waals surface area contributed by atoms with Crippen LogP contribution in [0.5, 0.6) is 5.75 Å². The van der Waals surface area contributed by atoms with Crippen molar-refractivity contribution in [1.82, 2.24) is 15.5 Å². The van der Waals surface area contributed by atoms with Gasteiger partial charge in [-0.3, -0.25) is 14.7 Å². The third-order valence-corrected chi connectivity index (χ3v) is 5.43. The summed E-state index contributed by atoms with van der Waals surface area (Å²) in [5, 5.41) is 9.44. The van der Waals surface area contributed by atoms with E-state index in [0.717, 1.165) is 25.3 Å². The van der Waals surface area contributed by atoms with Gasteiger partial charge in [0, 0.05) is 24.2 Å². The summed E-state index contributed by atoms with van der Waals surface area (Å²) in [6.45, 7) is -0.101. The second kappa shape index (κ2) is 6.09. The van der Waals surface area contributed by atoms with Crippen LogP contribution in [0.4, 0.5) is 4.39 Å². The molecule has 0 radical (unpaired) electrons. The van der Waals surface area contributed by atoms with E-state index in [0.29, 0.717) is 12.1 Å². The summed E-state index contributed by atoms with van der Waals surface area (Å²) in [6, 6.07) is 5.71. The van der Waals surface area contributed by atoms with Crippen LogP contribution in [0.15, 0.2) is 30.5 Å². The minimum atomic E-state index is -0.578. The van der Waals surface area contributed by atoms with E-state index >= 15 is 0 Å². The first-order valence-corrected chi connectivity index (χ1v) is 8.68. The molecule has 1 heterocycles. The molecule has 2 N–H and O–H groups in total. The molecule has 3 aliphatic rings. The van der Waals surface area contributed by atoms with E-state index in [1.54, 1.807) is 6.07 Å². The summed E-state index contributed by atoms with van der Waals surface area (Å²) in [6.07, 6.45) is 4.32. The first kappa shape index (κ1) is 17.0. The highest BCUT2D eigenvalue weighted by atomic mass is 35.5. The quantitative estimate of drug-likeness (QED) is 0.777. The number of hydrogen-bond donors (Lipinski definition) is 2. The van der Waals surface area contributed by atoms with Gasteiger partial charge in [-0.15, -0.1) is 0 Å². The number of ether oxygens (including phenoxy) is 1. The van der Waals surface area contributed by atoms with E-state index in [-0.39, 0.29) is 40.0 Å². The van der Waals surface area contributed by atoms with Crippen molar-refractivity contribution in [3.05, 3.63) is 47.0 Å². The number of aromatic amines is 1. The summed E-state index contributed by atoms with van der Waals surface area (Å²) in [7, 11) is 0. The fourth-order valence-corrected chi connectivity index (χ4v) is 4.33. The lowest BCUT2D eigenvalue weighted by Gasteiger charge is -2.70. The van der Waals surface area contributed by atoms with Crippen LogP contribution in [0.2, 0.25) is 5.02 Å². The molecular weight excluding hydrogens is 361 g/mol. The number of ketones is 1. The van der Waals surface area contributed by atoms with E-state index in [1.165, 1.54) is 18.3 Å². The van der Waals surface area contributed by atoms with Crippen LogP contribution in [0.3, 0.4) is 0 Å². The Hall–Kier alpha value is -2.41. The van der Waals surface area contributed by atoms with Gasteiger partial charge in [-0.05, 0) is 42.9 Å². The van der Waals surface area contributed by atoms with E-state index < -0.39 is 5.82 Å². The lowest BCUT2D eigenvalue weighted by Crippen LogP contribution is -2.75. The van der Waals surface area contributed by atoms with Crippen LogP contribution in [-0.4, -0.2) is 34.0 Å². The number of nitrogens with zero attached hydrogens (tertiary/aromatic N) is 1. The molecule has 1 aromatic heterocycles. The molecule has 1 amide bonds. The second-order valence-electron chi connectivity index (χ2n) is 7.32. The second-order valence-corrected chi connectivity index (χ2v) is 7.72. The van der Waals surface area contributed by atoms with E-state index in [4.69, 9.17) is 16.3 Å². The van der Waals surface area contributed by atoms with Crippen molar-refractivity contribution in [2.45, 2.75) is 31.2 Å². The van der Waals surface area contributed by atoms with Crippen molar-refractivity contribution < 1.29 is 18.7 Å². The van der Waals surface area contributed by atoms with E-state index in [9.17, 15) is 14.0 Å². The molecule has 0 saturated heterocycles. The molecule has 26 heavy (non-hydrogen) atoms. The SMILES string of the molecule is O=C(COc1ccc(Cl)c(F)c1)CC12CC(NC(=O)c3ccn[nH]3)(C1)C2. The Morgan fingerprint density at radius 1 is 1.31 bits per heavy atom. The number of carbonyl (C=O) groups excluding carboxylic acids is 2. The summed E-state index contributed by atoms with van der Waals surface area (Å²) in [4.78, 5) is 24.2. The highest BCUT2D eigenvalue weighted by Gasteiger charge is 2.68. The minimum Gasteiger partial charge on any atom is -0.486 e. The maximum absolute atomic E-state index is 13.4. The summed E-state index contributed by atoms with van der Waals surface area (Å²) in [5.74, 6) is -0.504. The molecule has 2 bridgehead atoms. The number of carbonyl (C=O) groups is 2. The molecule has 6 nitrogen and oxygen atoms in total. The van der Waals surface area contributed by atoms with Gasteiger partial charge in [-0.1, -0.05) is 11.6 Å². The van der Waals surface area contributed by atoms with Gasteiger partial charge in [0.1, 0.15) is 23.9 Å². The number of nitrogens with one attached hydrogen (secondary N) is 2. The molecule has 5 rings (SSSR count). The summed E-state index contributed by atoms with van der Waals surface area (Å²) >= 11 is 5.61. The highest BCUT2D eigenvalue weighted by molar-refractivity contribution is 6.30. The van der Waals surface area contributed by atoms with Crippen molar-refractivity contribution in [1.29, 1.82) is 0 Å². The molecule has 8 heteroatoms. The highest BCUT2D eigenvalue weighted by Crippen LogP contribution is 2.69. The molecule has 136 valence electrons. The zero-order chi connectivity index (χ0) is 18.4. The van der Waals surface area contributed by atoms with Gasteiger partial charge in [-0.25, -0.2) is 4.39 Å². The number of benzene rings is 1. The number of H-pyrrole nitrogens is 1. The Kier molecular flexibility index (Phi) is 3.99. The first-order valence-electron chi connectivity index (χ1n) is 8.30. The molecule has 3 fully saturated rings. The van der Waals surface area contributed by atoms with Crippen molar-refractivity contribution in [3.8, 4) is 5.75 Å². The fourth-order valence-electron chi connectivity index (χ4n) is 4.21. The zero-order valence-electron chi connectivity index (χ0n) is 13.9. The van der Waals surface area contributed by atoms with Crippen LogP contribution in [0.1, 0.15) is 36.2 Å². The van der Waals surface area contributed by atoms with E-state index in [1.807, 2.05) is 0 Å². The Morgan fingerprint density at radius 3 is 2.73 bits per heavy atom. The molecule has 0 atom stereocenters. The van der Waals surface area contributed by atoms with Crippen molar-refractivity contribution >= 4 is 23.3 Å². The normalized spacial score (nSPS) is 25.8. The third-order valence-electron chi connectivity index (χ3n) is 5.13. The largest absolute Gasteiger partial charge is 0.486 e. The van der Waals surface area contributed by atoms with Crippen LogP contribution >= 0.6 is 11.6 Å². The molecule has 1 aromatic carbocycles. The van der Waals surface area contributed by atoms with Gasteiger partial charge >= 0.3 is 0 Å². The Balaban J connectivity index is 1.23. The monoisotopic (exact) mass is 377 g/mol. The average molecular weight is 378 g/mol.